The lowest BCUT2D eigenvalue weighted by molar-refractivity contribution is 0.414. The molecular weight excluding hydrogens is 314 g/mol. The Morgan fingerprint density at radius 3 is 3.00 bits per heavy atom. The van der Waals surface area contributed by atoms with Gasteiger partial charge in [0.05, 0.1) is 13.7 Å². The number of thiocarbonyl (C=S) groups is 1. The highest BCUT2D eigenvalue weighted by Crippen LogP contribution is 2.23. The molecule has 94 valence electrons. The van der Waals surface area contributed by atoms with Crippen molar-refractivity contribution in [2.45, 2.75) is 6.54 Å². The van der Waals surface area contributed by atoms with Crippen LogP contribution in [0.3, 0.4) is 0 Å². The summed E-state index contributed by atoms with van der Waals surface area (Å²) in [6.45, 7) is 0.629. The van der Waals surface area contributed by atoms with Gasteiger partial charge in [0, 0.05) is 16.9 Å². The number of ether oxygens (including phenoxy) is 1. The van der Waals surface area contributed by atoms with E-state index in [1.165, 1.54) is 0 Å². The molecule has 0 aliphatic carbocycles. The highest BCUT2D eigenvalue weighted by Gasteiger charge is 2.08. The van der Waals surface area contributed by atoms with Crippen molar-refractivity contribution < 1.29 is 4.74 Å². The van der Waals surface area contributed by atoms with Gasteiger partial charge in [-0.2, -0.15) is 0 Å². The first-order chi connectivity index (χ1) is 8.61. The standard InChI is InChI=1S/C12H12BrN3OS/c1-17-9-2-3-10(13)8(6-9)7-16-5-4-15-12(16)11(14)18/h2-6H,7H2,1H3,(H2,14,18). The second kappa shape index (κ2) is 5.49. The van der Waals surface area contributed by atoms with Crippen molar-refractivity contribution in [3.63, 3.8) is 0 Å². The van der Waals surface area contributed by atoms with Crippen molar-refractivity contribution in [1.29, 1.82) is 0 Å². The molecule has 0 aliphatic rings. The van der Waals surface area contributed by atoms with Crippen LogP contribution < -0.4 is 10.5 Å². The maximum atomic E-state index is 5.62. The molecule has 0 saturated carbocycles. The van der Waals surface area contributed by atoms with Crippen LogP contribution in [0.25, 0.3) is 0 Å². The largest absolute Gasteiger partial charge is 0.497 e. The van der Waals surface area contributed by atoms with Gasteiger partial charge in [-0.05, 0) is 23.8 Å². The van der Waals surface area contributed by atoms with Gasteiger partial charge in [-0.1, -0.05) is 28.1 Å². The molecule has 0 saturated heterocycles. The molecule has 1 heterocycles. The minimum absolute atomic E-state index is 0.291. The molecule has 0 fully saturated rings. The Morgan fingerprint density at radius 1 is 1.56 bits per heavy atom. The molecular formula is C12H12BrN3OS. The Bertz CT molecular complexity index is 582. The number of rotatable bonds is 4. The topological polar surface area (TPSA) is 53.1 Å². The van der Waals surface area contributed by atoms with Crippen LogP contribution in [0.5, 0.6) is 5.75 Å². The lowest BCUT2D eigenvalue weighted by Gasteiger charge is -2.10. The molecule has 1 aromatic heterocycles. The third kappa shape index (κ3) is 2.70. The van der Waals surface area contributed by atoms with Gasteiger partial charge in [-0.15, -0.1) is 0 Å². The van der Waals surface area contributed by atoms with Gasteiger partial charge in [-0.25, -0.2) is 4.98 Å². The van der Waals surface area contributed by atoms with E-state index in [4.69, 9.17) is 22.7 Å². The number of hydrogen-bond acceptors (Lipinski definition) is 3. The zero-order valence-electron chi connectivity index (χ0n) is 9.76. The Morgan fingerprint density at radius 2 is 2.33 bits per heavy atom. The van der Waals surface area contributed by atoms with Crippen LogP contribution in [-0.4, -0.2) is 21.6 Å². The lowest BCUT2D eigenvalue weighted by Crippen LogP contribution is -2.17. The smallest absolute Gasteiger partial charge is 0.167 e. The normalized spacial score (nSPS) is 10.3. The molecule has 2 aromatic rings. The van der Waals surface area contributed by atoms with E-state index >= 15 is 0 Å². The lowest BCUT2D eigenvalue weighted by atomic mass is 10.2. The molecule has 18 heavy (non-hydrogen) atoms. The Balaban J connectivity index is 2.33. The van der Waals surface area contributed by atoms with Crippen LogP contribution in [0.2, 0.25) is 0 Å². The van der Waals surface area contributed by atoms with Crippen molar-refractivity contribution in [3.8, 4) is 5.75 Å². The zero-order valence-corrected chi connectivity index (χ0v) is 12.2. The third-order valence-corrected chi connectivity index (χ3v) is 3.49. The van der Waals surface area contributed by atoms with Crippen molar-refractivity contribution in [1.82, 2.24) is 9.55 Å². The molecule has 0 atom stereocenters. The van der Waals surface area contributed by atoms with Crippen LogP contribution in [0.1, 0.15) is 11.4 Å². The summed E-state index contributed by atoms with van der Waals surface area (Å²) in [7, 11) is 1.64. The van der Waals surface area contributed by atoms with Gasteiger partial charge >= 0.3 is 0 Å². The Labute approximate surface area is 119 Å². The first-order valence-electron chi connectivity index (χ1n) is 5.25. The number of methoxy groups -OCH3 is 1. The highest BCUT2D eigenvalue weighted by atomic mass is 79.9. The fourth-order valence-electron chi connectivity index (χ4n) is 1.64. The molecule has 2 rings (SSSR count). The van der Waals surface area contributed by atoms with Crippen LogP contribution in [0.15, 0.2) is 35.1 Å². The molecule has 1 aromatic carbocycles. The van der Waals surface area contributed by atoms with E-state index in [2.05, 4.69) is 20.9 Å². The summed E-state index contributed by atoms with van der Waals surface area (Å²) in [5.41, 5.74) is 6.69. The summed E-state index contributed by atoms with van der Waals surface area (Å²) in [6.07, 6.45) is 3.53. The predicted molar refractivity (Wildman–Crippen MR) is 77.9 cm³/mol. The summed E-state index contributed by atoms with van der Waals surface area (Å²) in [4.78, 5) is 4.43. The predicted octanol–water partition coefficient (Wildman–Crippen LogP) is 2.34. The Kier molecular flexibility index (Phi) is 3.98. The second-order valence-electron chi connectivity index (χ2n) is 3.70. The molecule has 0 radical (unpaired) electrons. The summed E-state index contributed by atoms with van der Waals surface area (Å²) in [5.74, 6) is 1.42. The molecule has 0 amide bonds. The quantitative estimate of drug-likeness (QED) is 0.876. The molecule has 2 N–H and O–H groups in total. The van der Waals surface area contributed by atoms with Crippen molar-refractivity contribution in [3.05, 3.63) is 46.5 Å². The molecule has 6 heteroatoms. The second-order valence-corrected chi connectivity index (χ2v) is 4.99. The number of aromatic nitrogens is 2. The van der Waals surface area contributed by atoms with Gasteiger partial charge < -0.3 is 15.0 Å². The molecule has 0 spiro atoms. The average Bonchev–Trinajstić information content (AvgIpc) is 2.80. The van der Waals surface area contributed by atoms with Gasteiger partial charge in [0.25, 0.3) is 0 Å². The van der Waals surface area contributed by atoms with Gasteiger partial charge in [0.2, 0.25) is 0 Å². The monoisotopic (exact) mass is 325 g/mol. The van der Waals surface area contributed by atoms with E-state index in [-0.39, 0.29) is 0 Å². The molecule has 0 aliphatic heterocycles. The maximum Gasteiger partial charge on any atom is 0.167 e. The summed E-state index contributed by atoms with van der Waals surface area (Å²) in [5, 5.41) is 0. The minimum Gasteiger partial charge on any atom is -0.497 e. The summed E-state index contributed by atoms with van der Waals surface area (Å²) < 4.78 is 8.12. The van der Waals surface area contributed by atoms with Crippen LogP contribution in [0.4, 0.5) is 0 Å². The first kappa shape index (κ1) is 13.0. The highest BCUT2D eigenvalue weighted by molar-refractivity contribution is 9.10. The van der Waals surface area contributed by atoms with E-state index in [0.29, 0.717) is 17.4 Å². The number of halogens is 1. The minimum atomic E-state index is 0.291. The first-order valence-corrected chi connectivity index (χ1v) is 6.45. The number of imidazole rings is 1. The number of nitrogens with two attached hydrogens (primary N) is 1. The van der Waals surface area contributed by atoms with Gasteiger partial charge in [0.15, 0.2) is 5.82 Å². The Hall–Kier alpha value is -1.40. The average molecular weight is 326 g/mol. The van der Waals surface area contributed by atoms with Gasteiger partial charge in [0.1, 0.15) is 10.7 Å². The SMILES string of the molecule is COc1ccc(Br)c(Cn2ccnc2C(N)=S)c1. The fourth-order valence-corrected chi connectivity index (χ4v) is 2.19. The van der Waals surface area contributed by atoms with E-state index in [1.54, 1.807) is 13.3 Å². The van der Waals surface area contributed by atoms with Crippen LogP contribution in [-0.2, 0) is 6.54 Å². The third-order valence-electron chi connectivity index (χ3n) is 2.53. The van der Waals surface area contributed by atoms with E-state index < -0.39 is 0 Å². The molecule has 0 unspecified atom stereocenters. The summed E-state index contributed by atoms with van der Waals surface area (Å²) >= 11 is 8.47. The van der Waals surface area contributed by atoms with Crippen molar-refractivity contribution >= 4 is 33.1 Å². The number of hydrogen-bond donors (Lipinski definition) is 1. The number of nitrogens with zero attached hydrogens (tertiary/aromatic N) is 2. The van der Waals surface area contributed by atoms with E-state index in [0.717, 1.165) is 15.8 Å². The van der Waals surface area contributed by atoms with E-state index in [1.807, 2.05) is 29.0 Å². The van der Waals surface area contributed by atoms with Crippen molar-refractivity contribution in [2.24, 2.45) is 5.73 Å². The fraction of sp³-hybridized carbons (Fsp3) is 0.167. The summed E-state index contributed by atoms with van der Waals surface area (Å²) in [6, 6.07) is 5.81. The van der Waals surface area contributed by atoms with E-state index in [9.17, 15) is 0 Å². The van der Waals surface area contributed by atoms with Crippen molar-refractivity contribution in [2.75, 3.05) is 7.11 Å². The van der Waals surface area contributed by atoms with Gasteiger partial charge in [-0.3, -0.25) is 0 Å². The van der Waals surface area contributed by atoms with Crippen LogP contribution in [0, 0.1) is 0 Å². The number of benzene rings is 1. The molecule has 0 bridgehead atoms. The van der Waals surface area contributed by atoms with Crippen LogP contribution >= 0.6 is 28.1 Å². The zero-order chi connectivity index (χ0) is 13.1. The molecule has 4 nitrogen and oxygen atoms in total. The maximum absolute atomic E-state index is 5.62.